The summed E-state index contributed by atoms with van der Waals surface area (Å²) in [6.45, 7) is 2.51. The number of benzene rings is 1. The second kappa shape index (κ2) is 7.25. The van der Waals surface area contributed by atoms with Crippen LogP contribution in [-0.4, -0.2) is 24.0 Å². The fourth-order valence-corrected chi connectivity index (χ4v) is 4.06. The lowest BCUT2D eigenvalue weighted by atomic mass is 9.91. The van der Waals surface area contributed by atoms with Gasteiger partial charge in [-0.3, -0.25) is 4.79 Å². The summed E-state index contributed by atoms with van der Waals surface area (Å²) < 4.78 is 0. The quantitative estimate of drug-likeness (QED) is 0.865. The van der Waals surface area contributed by atoms with E-state index in [0.29, 0.717) is 12.6 Å². The average molecular weight is 325 g/mol. The second-order valence-electron chi connectivity index (χ2n) is 7.30. The number of amides is 1. The smallest absolute Gasteiger partial charge is 0.240 e. The van der Waals surface area contributed by atoms with Crippen LogP contribution in [-0.2, 0) is 11.2 Å². The summed E-state index contributed by atoms with van der Waals surface area (Å²) in [7, 11) is 0. The first-order valence-corrected chi connectivity index (χ1v) is 9.20. The molecule has 1 atom stereocenters. The second-order valence-corrected chi connectivity index (χ2v) is 7.30. The molecule has 1 aliphatic carbocycles. The van der Waals surface area contributed by atoms with Crippen LogP contribution in [0.4, 0.5) is 5.69 Å². The summed E-state index contributed by atoms with van der Waals surface area (Å²) in [6, 6.07) is 11.1. The zero-order chi connectivity index (χ0) is 17.0. The van der Waals surface area contributed by atoms with Crippen LogP contribution in [0.25, 0.3) is 0 Å². The molecule has 1 amide bonds. The van der Waals surface area contributed by atoms with Crippen LogP contribution in [0.15, 0.2) is 24.3 Å². The minimum Gasteiger partial charge on any atom is -0.359 e. The number of para-hydroxylation sites is 1. The highest BCUT2D eigenvalue weighted by atomic mass is 16.2. The molecule has 128 valence electrons. The maximum Gasteiger partial charge on any atom is 0.240 e. The average Bonchev–Trinajstić information content (AvgIpc) is 2.83. The van der Waals surface area contributed by atoms with E-state index in [0.717, 1.165) is 51.4 Å². The SMILES string of the molecule is CC1CCc2ccccc2N1CC(=O)NC1(C#N)CCCCCC1. The predicted octanol–water partition coefficient (Wildman–Crippen LogP) is 3.56. The van der Waals surface area contributed by atoms with E-state index in [1.165, 1.54) is 11.3 Å². The van der Waals surface area contributed by atoms with E-state index in [1.807, 2.05) is 6.07 Å². The van der Waals surface area contributed by atoms with Gasteiger partial charge < -0.3 is 10.2 Å². The monoisotopic (exact) mass is 325 g/mol. The molecule has 1 heterocycles. The van der Waals surface area contributed by atoms with Crippen molar-refractivity contribution in [2.45, 2.75) is 69.9 Å². The minimum absolute atomic E-state index is 0.0259. The first-order chi connectivity index (χ1) is 11.6. The number of anilines is 1. The number of hydrogen-bond donors (Lipinski definition) is 1. The molecule has 4 nitrogen and oxygen atoms in total. The number of fused-ring (bicyclic) bond motifs is 1. The van der Waals surface area contributed by atoms with Gasteiger partial charge in [-0.15, -0.1) is 0 Å². The van der Waals surface area contributed by atoms with Crippen molar-refractivity contribution >= 4 is 11.6 Å². The van der Waals surface area contributed by atoms with Crippen molar-refractivity contribution in [2.75, 3.05) is 11.4 Å². The highest BCUT2D eigenvalue weighted by Gasteiger charge is 2.33. The Kier molecular flexibility index (Phi) is 5.08. The highest BCUT2D eigenvalue weighted by Crippen LogP contribution is 2.31. The van der Waals surface area contributed by atoms with E-state index in [4.69, 9.17) is 0 Å². The van der Waals surface area contributed by atoms with Crippen molar-refractivity contribution in [3.63, 3.8) is 0 Å². The molecule has 4 heteroatoms. The van der Waals surface area contributed by atoms with Crippen LogP contribution in [0.5, 0.6) is 0 Å². The van der Waals surface area contributed by atoms with Crippen molar-refractivity contribution in [3.05, 3.63) is 29.8 Å². The maximum atomic E-state index is 12.7. The molecular weight excluding hydrogens is 298 g/mol. The summed E-state index contributed by atoms with van der Waals surface area (Å²) >= 11 is 0. The first kappa shape index (κ1) is 16.8. The van der Waals surface area contributed by atoms with E-state index in [9.17, 15) is 10.1 Å². The molecule has 3 rings (SSSR count). The van der Waals surface area contributed by atoms with E-state index in [-0.39, 0.29) is 5.91 Å². The Hall–Kier alpha value is -2.02. The van der Waals surface area contributed by atoms with Gasteiger partial charge in [0.1, 0.15) is 5.54 Å². The summed E-state index contributed by atoms with van der Waals surface area (Å²) in [5, 5.41) is 12.7. The lowest BCUT2D eigenvalue weighted by molar-refractivity contribution is -0.121. The Labute approximate surface area is 144 Å². The maximum absolute atomic E-state index is 12.7. The van der Waals surface area contributed by atoms with E-state index >= 15 is 0 Å². The van der Waals surface area contributed by atoms with Gasteiger partial charge in [-0.05, 0) is 44.2 Å². The number of hydrogen-bond acceptors (Lipinski definition) is 3. The molecule has 0 radical (unpaired) electrons. The predicted molar refractivity (Wildman–Crippen MR) is 95.8 cm³/mol. The number of carbonyl (C=O) groups is 1. The van der Waals surface area contributed by atoms with Crippen molar-refractivity contribution < 1.29 is 4.79 Å². The summed E-state index contributed by atoms with van der Waals surface area (Å²) in [5.74, 6) is -0.0259. The standard InChI is InChI=1S/C20H27N3O/c1-16-10-11-17-8-4-5-9-18(17)23(16)14-19(24)22-20(15-21)12-6-2-3-7-13-20/h4-5,8-9,16H,2-3,6-7,10-14H2,1H3,(H,22,24). The van der Waals surface area contributed by atoms with Crippen LogP contribution in [0, 0.1) is 11.3 Å². The molecule has 0 spiro atoms. The van der Waals surface area contributed by atoms with E-state index in [1.54, 1.807) is 0 Å². The normalized spacial score (nSPS) is 22.8. The minimum atomic E-state index is -0.661. The topological polar surface area (TPSA) is 56.1 Å². The van der Waals surface area contributed by atoms with Gasteiger partial charge >= 0.3 is 0 Å². The van der Waals surface area contributed by atoms with Gasteiger partial charge in [-0.25, -0.2) is 0 Å². The zero-order valence-electron chi connectivity index (χ0n) is 14.6. The van der Waals surface area contributed by atoms with Crippen LogP contribution in [0.1, 0.15) is 57.4 Å². The van der Waals surface area contributed by atoms with Crippen molar-refractivity contribution in [2.24, 2.45) is 0 Å². The van der Waals surface area contributed by atoms with Gasteiger partial charge in [-0.1, -0.05) is 43.9 Å². The summed E-state index contributed by atoms with van der Waals surface area (Å²) in [5.41, 5.74) is 1.82. The third-order valence-electron chi connectivity index (χ3n) is 5.53. The Morgan fingerprint density at radius 2 is 2.00 bits per heavy atom. The molecule has 1 aliphatic heterocycles. The molecule has 0 bridgehead atoms. The lowest BCUT2D eigenvalue weighted by Gasteiger charge is -2.37. The zero-order valence-corrected chi connectivity index (χ0v) is 14.6. The van der Waals surface area contributed by atoms with Gasteiger partial charge in [0.15, 0.2) is 0 Å². The molecule has 24 heavy (non-hydrogen) atoms. The molecule has 0 aromatic heterocycles. The largest absolute Gasteiger partial charge is 0.359 e. The molecule has 2 aliphatic rings. The first-order valence-electron chi connectivity index (χ1n) is 9.20. The molecular formula is C20H27N3O. The molecule has 1 fully saturated rings. The van der Waals surface area contributed by atoms with Gasteiger partial charge in [0.05, 0.1) is 12.6 Å². The Balaban J connectivity index is 1.71. The van der Waals surface area contributed by atoms with Crippen LogP contribution < -0.4 is 10.2 Å². The van der Waals surface area contributed by atoms with Gasteiger partial charge in [0.2, 0.25) is 5.91 Å². The molecule has 1 unspecified atom stereocenters. The van der Waals surface area contributed by atoms with Crippen LogP contribution >= 0.6 is 0 Å². The third kappa shape index (κ3) is 3.56. The number of nitriles is 1. The van der Waals surface area contributed by atoms with Gasteiger partial charge in [0, 0.05) is 11.7 Å². The third-order valence-corrected chi connectivity index (χ3v) is 5.53. The molecule has 1 aromatic rings. The molecule has 1 N–H and O–H groups in total. The number of rotatable bonds is 3. The molecule has 0 saturated heterocycles. The summed E-state index contributed by atoms with van der Waals surface area (Å²) in [4.78, 5) is 14.9. The van der Waals surface area contributed by atoms with Crippen LogP contribution in [0.3, 0.4) is 0 Å². The molecule has 1 aromatic carbocycles. The van der Waals surface area contributed by atoms with Crippen LogP contribution in [0.2, 0.25) is 0 Å². The Morgan fingerprint density at radius 3 is 2.71 bits per heavy atom. The fraction of sp³-hybridized carbons (Fsp3) is 0.600. The lowest BCUT2D eigenvalue weighted by Crippen LogP contribution is -2.52. The summed E-state index contributed by atoms with van der Waals surface area (Å²) in [6.07, 6.45) is 8.06. The van der Waals surface area contributed by atoms with Gasteiger partial charge in [0.25, 0.3) is 0 Å². The highest BCUT2D eigenvalue weighted by molar-refractivity contribution is 5.83. The number of nitrogens with zero attached hydrogens (tertiary/aromatic N) is 2. The van der Waals surface area contributed by atoms with Gasteiger partial charge in [-0.2, -0.15) is 5.26 Å². The number of aryl methyl sites for hydroxylation is 1. The van der Waals surface area contributed by atoms with Crippen molar-refractivity contribution in [3.8, 4) is 6.07 Å². The Bertz CT molecular complexity index is 626. The van der Waals surface area contributed by atoms with E-state index in [2.05, 4.69) is 41.4 Å². The Morgan fingerprint density at radius 1 is 1.29 bits per heavy atom. The number of carbonyl (C=O) groups excluding carboxylic acids is 1. The van der Waals surface area contributed by atoms with E-state index < -0.39 is 5.54 Å². The molecule has 1 saturated carbocycles. The van der Waals surface area contributed by atoms with Crippen molar-refractivity contribution in [1.82, 2.24) is 5.32 Å². The number of nitrogens with one attached hydrogen (secondary N) is 1. The van der Waals surface area contributed by atoms with Crippen molar-refractivity contribution in [1.29, 1.82) is 5.26 Å². The fourth-order valence-electron chi connectivity index (χ4n) is 4.06.